The van der Waals surface area contributed by atoms with Crippen molar-refractivity contribution in [1.29, 1.82) is 0 Å². The van der Waals surface area contributed by atoms with Gasteiger partial charge in [-0.2, -0.15) is 0 Å². The third-order valence-corrected chi connectivity index (χ3v) is 3.13. The highest BCUT2D eigenvalue weighted by Gasteiger charge is 2.15. The Morgan fingerprint density at radius 3 is 1.42 bits per heavy atom. The van der Waals surface area contributed by atoms with Gasteiger partial charge in [0, 0.05) is 0 Å². The van der Waals surface area contributed by atoms with E-state index in [4.69, 9.17) is 0 Å². The molecule has 0 spiro atoms. The molecule has 0 radical (unpaired) electrons. The fourth-order valence-corrected chi connectivity index (χ4v) is 2.30. The molecule has 0 bridgehead atoms. The van der Waals surface area contributed by atoms with Crippen LogP contribution >= 0.6 is 0 Å². The maximum atomic E-state index is 4.58. The molecule has 2 heteroatoms. The second-order valence-corrected chi connectivity index (χ2v) is 4.31. The van der Waals surface area contributed by atoms with Crippen LogP contribution in [0.4, 0.5) is 0 Å². The number of ether oxygens (including phenoxy) is 2. The lowest BCUT2D eigenvalue weighted by atomic mass is 10.1. The molecule has 1 aliphatic carbocycles. The fraction of sp³-hybridized carbons (Fsp3) is 0.0588. The van der Waals surface area contributed by atoms with E-state index in [1.165, 1.54) is 47.3 Å². The summed E-state index contributed by atoms with van der Waals surface area (Å²) in [6.07, 6.45) is 6.94. The molecule has 2 aliphatic rings. The third kappa shape index (κ3) is 2.52. The lowest BCUT2D eigenvalue weighted by Gasteiger charge is -1.98. The normalized spacial score (nSPS) is 13.5. The van der Waals surface area contributed by atoms with E-state index in [1.807, 2.05) is 0 Å². The van der Waals surface area contributed by atoms with Crippen molar-refractivity contribution in [2.45, 2.75) is 6.42 Å². The summed E-state index contributed by atoms with van der Waals surface area (Å²) < 4.78 is 9.17. The molecule has 19 heavy (non-hydrogen) atoms. The van der Waals surface area contributed by atoms with Crippen LogP contribution in [-0.2, 0) is 15.9 Å². The van der Waals surface area contributed by atoms with Crippen LogP contribution in [0.3, 0.4) is 0 Å². The largest absolute Gasteiger partial charge is 0.466 e. The van der Waals surface area contributed by atoms with Gasteiger partial charge in [0.2, 0.25) is 0 Å². The summed E-state index contributed by atoms with van der Waals surface area (Å²) in [6.45, 7) is 0. The van der Waals surface area contributed by atoms with Crippen LogP contribution in [0.15, 0.2) is 73.6 Å². The lowest BCUT2D eigenvalue weighted by Crippen LogP contribution is -1.77. The maximum Gasteiger partial charge on any atom is 0.125 e. The van der Waals surface area contributed by atoms with Gasteiger partial charge in [-0.1, -0.05) is 48.5 Å². The summed E-state index contributed by atoms with van der Waals surface area (Å²) in [7, 11) is 0. The zero-order chi connectivity index (χ0) is 12.9. The molecule has 2 aromatic carbocycles. The van der Waals surface area contributed by atoms with E-state index in [-0.39, 0.29) is 0 Å². The van der Waals surface area contributed by atoms with Crippen LogP contribution in [0.2, 0.25) is 0 Å². The van der Waals surface area contributed by atoms with Gasteiger partial charge in [-0.3, -0.25) is 0 Å². The molecule has 0 saturated carbocycles. The van der Waals surface area contributed by atoms with E-state index >= 15 is 0 Å². The summed E-state index contributed by atoms with van der Waals surface area (Å²) in [5.74, 6) is 0. The summed E-state index contributed by atoms with van der Waals surface area (Å²) >= 11 is 0. The first kappa shape index (κ1) is 11.6. The molecule has 0 atom stereocenters. The van der Waals surface area contributed by atoms with Gasteiger partial charge < -0.3 is 9.47 Å². The first-order valence-corrected chi connectivity index (χ1v) is 6.22. The Balaban J connectivity index is 0.000000155. The van der Waals surface area contributed by atoms with Crippen molar-refractivity contribution >= 4 is 0 Å². The molecule has 0 N–H and O–H groups in total. The molecule has 4 rings (SSSR count). The minimum Gasteiger partial charge on any atom is -0.466 e. The third-order valence-electron chi connectivity index (χ3n) is 3.13. The van der Waals surface area contributed by atoms with Crippen molar-refractivity contribution in [3.63, 3.8) is 0 Å². The van der Waals surface area contributed by atoms with Gasteiger partial charge in [0.05, 0.1) is 0 Å². The van der Waals surface area contributed by atoms with Crippen LogP contribution in [0.5, 0.6) is 0 Å². The van der Waals surface area contributed by atoms with Gasteiger partial charge in [0.15, 0.2) is 0 Å². The highest BCUT2D eigenvalue weighted by molar-refractivity contribution is 5.76. The molecule has 0 fully saturated rings. The Labute approximate surface area is 112 Å². The molecular weight excluding hydrogens is 236 g/mol. The van der Waals surface area contributed by atoms with E-state index in [0.717, 1.165) is 6.42 Å². The molecule has 0 unspecified atom stereocenters. The number of fused-ring (bicyclic) bond motifs is 3. The SMILES string of the molecule is C1=COC=CO1.c1ccc2c(c1)Cc1ccccc1-2. The number of benzene rings is 2. The molecular formula is C17H14O2. The van der Waals surface area contributed by atoms with Gasteiger partial charge >= 0.3 is 0 Å². The van der Waals surface area contributed by atoms with E-state index < -0.39 is 0 Å². The first-order chi connectivity index (χ1) is 9.45. The molecule has 94 valence electrons. The topological polar surface area (TPSA) is 18.5 Å². The standard InChI is InChI=1S/C13H10.C4H4O2/c1-3-7-12-10(5-1)9-11-6-2-4-8-13(11)12;1-2-6-4-3-5-1/h1-8H,9H2;1-4H. The molecule has 1 aliphatic heterocycles. The summed E-state index contributed by atoms with van der Waals surface area (Å²) in [5, 5.41) is 0. The number of hydrogen-bond acceptors (Lipinski definition) is 2. The van der Waals surface area contributed by atoms with Crippen LogP contribution in [0, 0.1) is 0 Å². The molecule has 2 nitrogen and oxygen atoms in total. The minimum atomic E-state index is 1.10. The Morgan fingerprint density at radius 1 is 0.579 bits per heavy atom. The van der Waals surface area contributed by atoms with Crippen molar-refractivity contribution in [1.82, 2.24) is 0 Å². The smallest absolute Gasteiger partial charge is 0.125 e. The van der Waals surface area contributed by atoms with Crippen molar-refractivity contribution in [2.75, 3.05) is 0 Å². The minimum absolute atomic E-state index is 1.10. The second-order valence-electron chi connectivity index (χ2n) is 4.31. The molecule has 1 heterocycles. The van der Waals surface area contributed by atoms with Gasteiger partial charge in [-0.25, -0.2) is 0 Å². The fourth-order valence-electron chi connectivity index (χ4n) is 2.30. The van der Waals surface area contributed by atoms with Gasteiger partial charge in [0.1, 0.15) is 25.0 Å². The molecule has 0 amide bonds. The maximum absolute atomic E-state index is 4.58. The summed E-state index contributed by atoms with van der Waals surface area (Å²) in [5.41, 5.74) is 5.75. The number of hydrogen-bond donors (Lipinski definition) is 0. The molecule has 0 aromatic heterocycles. The number of rotatable bonds is 0. The van der Waals surface area contributed by atoms with E-state index in [2.05, 4.69) is 58.0 Å². The lowest BCUT2D eigenvalue weighted by molar-refractivity contribution is 0.290. The predicted molar refractivity (Wildman–Crippen MR) is 75.1 cm³/mol. The van der Waals surface area contributed by atoms with Crippen molar-refractivity contribution in [2.24, 2.45) is 0 Å². The average Bonchev–Trinajstić information content (AvgIpc) is 2.88. The van der Waals surface area contributed by atoms with Gasteiger partial charge in [-0.15, -0.1) is 0 Å². The van der Waals surface area contributed by atoms with E-state index in [0.29, 0.717) is 0 Å². The second kappa shape index (κ2) is 5.44. The molecule has 0 saturated heterocycles. The van der Waals surface area contributed by atoms with E-state index in [9.17, 15) is 0 Å². The Morgan fingerprint density at radius 2 is 1.00 bits per heavy atom. The predicted octanol–water partition coefficient (Wildman–Crippen LogP) is 4.23. The van der Waals surface area contributed by atoms with Crippen molar-refractivity contribution < 1.29 is 9.47 Å². The van der Waals surface area contributed by atoms with Crippen molar-refractivity contribution in [3.05, 3.63) is 84.7 Å². The highest BCUT2D eigenvalue weighted by atomic mass is 16.5. The van der Waals surface area contributed by atoms with Crippen LogP contribution in [0.25, 0.3) is 11.1 Å². The van der Waals surface area contributed by atoms with Gasteiger partial charge in [0.25, 0.3) is 0 Å². The zero-order valence-electron chi connectivity index (χ0n) is 10.5. The zero-order valence-corrected chi connectivity index (χ0v) is 10.5. The summed E-state index contributed by atoms with van der Waals surface area (Å²) in [6, 6.07) is 17.3. The Hall–Kier alpha value is -2.48. The van der Waals surface area contributed by atoms with Gasteiger partial charge in [-0.05, 0) is 28.7 Å². The Bertz CT molecular complexity index is 563. The van der Waals surface area contributed by atoms with E-state index in [1.54, 1.807) is 0 Å². The first-order valence-electron chi connectivity index (χ1n) is 6.22. The molecule has 2 aromatic rings. The quantitative estimate of drug-likeness (QED) is 0.594. The monoisotopic (exact) mass is 250 g/mol. The van der Waals surface area contributed by atoms with Crippen LogP contribution < -0.4 is 0 Å². The Kier molecular flexibility index (Phi) is 3.32. The van der Waals surface area contributed by atoms with Crippen LogP contribution in [0.1, 0.15) is 11.1 Å². The van der Waals surface area contributed by atoms with Crippen molar-refractivity contribution in [3.8, 4) is 11.1 Å². The summed E-state index contributed by atoms with van der Waals surface area (Å²) in [4.78, 5) is 0. The highest BCUT2D eigenvalue weighted by Crippen LogP contribution is 2.35. The average molecular weight is 250 g/mol. The van der Waals surface area contributed by atoms with Crippen LogP contribution in [-0.4, -0.2) is 0 Å².